The first-order valence-electron chi connectivity index (χ1n) is 9.53. The van der Waals surface area contributed by atoms with Gasteiger partial charge in [-0.2, -0.15) is 4.31 Å². The Morgan fingerprint density at radius 2 is 1.80 bits per heavy atom. The maximum absolute atomic E-state index is 12.7. The van der Waals surface area contributed by atoms with Gasteiger partial charge in [-0.05, 0) is 30.7 Å². The van der Waals surface area contributed by atoms with Crippen LogP contribution in [0.5, 0.6) is 0 Å². The van der Waals surface area contributed by atoms with E-state index in [9.17, 15) is 18.0 Å². The summed E-state index contributed by atoms with van der Waals surface area (Å²) in [5.41, 5.74) is 2.12. The van der Waals surface area contributed by atoms with Crippen LogP contribution >= 0.6 is 0 Å². The second-order valence-electron chi connectivity index (χ2n) is 6.88. The third kappa shape index (κ3) is 5.65. The van der Waals surface area contributed by atoms with E-state index in [0.29, 0.717) is 19.8 Å². The van der Waals surface area contributed by atoms with Crippen LogP contribution in [0.1, 0.15) is 21.5 Å². The summed E-state index contributed by atoms with van der Waals surface area (Å²) in [6.45, 7) is 3.03. The molecule has 1 fully saturated rings. The highest BCUT2D eigenvalue weighted by atomic mass is 32.2. The summed E-state index contributed by atoms with van der Waals surface area (Å²) in [5.74, 6) is -1.21. The highest BCUT2D eigenvalue weighted by Crippen LogP contribution is 2.18. The lowest BCUT2D eigenvalue weighted by Crippen LogP contribution is -2.40. The monoisotopic (exact) mass is 432 g/mol. The summed E-state index contributed by atoms with van der Waals surface area (Å²) in [6, 6.07) is 13.3. The van der Waals surface area contributed by atoms with E-state index in [1.807, 2.05) is 31.2 Å². The van der Waals surface area contributed by atoms with Crippen LogP contribution in [0.15, 0.2) is 53.4 Å². The Hall–Kier alpha value is -2.75. The van der Waals surface area contributed by atoms with E-state index in [-0.39, 0.29) is 23.5 Å². The molecule has 0 atom stereocenters. The topological polar surface area (TPSA) is 102 Å². The van der Waals surface area contributed by atoms with Crippen molar-refractivity contribution in [2.75, 3.05) is 32.9 Å². The lowest BCUT2D eigenvalue weighted by molar-refractivity contribution is -0.124. The highest BCUT2D eigenvalue weighted by Gasteiger charge is 2.27. The number of morpholine rings is 1. The van der Waals surface area contributed by atoms with Gasteiger partial charge in [0, 0.05) is 19.6 Å². The zero-order chi connectivity index (χ0) is 21.6. The lowest BCUT2D eigenvalue weighted by atomic mass is 10.1. The van der Waals surface area contributed by atoms with Crippen molar-refractivity contribution in [1.82, 2.24) is 9.62 Å². The van der Waals surface area contributed by atoms with Crippen LogP contribution in [0.3, 0.4) is 0 Å². The Bertz CT molecular complexity index is 998. The highest BCUT2D eigenvalue weighted by molar-refractivity contribution is 7.89. The third-order valence-electron chi connectivity index (χ3n) is 4.62. The molecule has 8 nitrogen and oxygen atoms in total. The molecule has 1 aliphatic rings. The Balaban J connectivity index is 1.55. The summed E-state index contributed by atoms with van der Waals surface area (Å²) < 4.78 is 37.0. The molecule has 1 heterocycles. The molecule has 0 radical (unpaired) electrons. The number of esters is 1. The Morgan fingerprint density at radius 1 is 1.10 bits per heavy atom. The molecule has 0 aromatic heterocycles. The van der Waals surface area contributed by atoms with Gasteiger partial charge >= 0.3 is 5.97 Å². The van der Waals surface area contributed by atoms with Crippen molar-refractivity contribution in [2.45, 2.75) is 18.4 Å². The normalized spacial score (nSPS) is 14.8. The molecule has 0 unspecified atom stereocenters. The second kappa shape index (κ2) is 9.84. The number of hydrogen-bond donors (Lipinski definition) is 1. The Morgan fingerprint density at radius 3 is 2.50 bits per heavy atom. The number of hydrogen-bond acceptors (Lipinski definition) is 6. The minimum atomic E-state index is -3.73. The molecule has 0 aliphatic carbocycles. The molecule has 1 aliphatic heterocycles. The van der Waals surface area contributed by atoms with Crippen molar-refractivity contribution in [1.29, 1.82) is 0 Å². The quantitative estimate of drug-likeness (QED) is 0.665. The molecule has 0 spiro atoms. The van der Waals surface area contributed by atoms with Gasteiger partial charge < -0.3 is 14.8 Å². The van der Waals surface area contributed by atoms with Crippen LogP contribution < -0.4 is 5.32 Å². The number of sulfonamides is 1. The van der Waals surface area contributed by atoms with E-state index in [1.165, 1.54) is 28.6 Å². The number of aryl methyl sites for hydroxylation is 1. The predicted octanol–water partition coefficient (Wildman–Crippen LogP) is 1.49. The van der Waals surface area contributed by atoms with Crippen molar-refractivity contribution >= 4 is 21.9 Å². The van der Waals surface area contributed by atoms with Gasteiger partial charge in [-0.1, -0.05) is 35.9 Å². The number of rotatable bonds is 7. The number of nitrogens with zero attached hydrogens (tertiary/aromatic N) is 1. The van der Waals surface area contributed by atoms with Crippen LogP contribution in [0, 0.1) is 6.92 Å². The van der Waals surface area contributed by atoms with Crippen molar-refractivity contribution < 1.29 is 27.5 Å². The van der Waals surface area contributed by atoms with Crippen LogP contribution in [0.4, 0.5) is 0 Å². The van der Waals surface area contributed by atoms with Crippen molar-refractivity contribution in [2.24, 2.45) is 0 Å². The minimum absolute atomic E-state index is 0.00247. The first-order chi connectivity index (χ1) is 14.4. The van der Waals surface area contributed by atoms with Crippen LogP contribution in [-0.4, -0.2) is 57.5 Å². The maximum Gasteiger partial charge on any atom is 0.338 e. The number of ether oxygens (including phenoxy) is 2. The van der Waals surface area contributed by atoms with Gasteiger partial charge in [-0.15, -0.1) is 0 Å². The van der Waals surface area contributed by atoms with Crippen LogP contribution in [0.2, 0.25) is 0 Å². The standard InChI is InChI=1S/C21H24N2O6S/c1-16-5-7-17(8-6-16)14-22-20(24)15-29-21(25)18-3-2-4-19(13-18)30(26,27)23-9-11-28-12-10-23/h2-8,13H,9-12,14-15H2,1H3,(H,22,24). The number of amides is 1. The summed E-state index contributed by atoms with van der Waals surface area (Å²) in [6.07, 6.45) is 0. The zero-order valence-electron chi connectivity index (χ0n) is 16.7. The second-order valence-corrected chi connectivity index (χ2v) is 8.82. The fraction of sp³-hybridized carbons (Fsp3) is 0.333. The molecule has 1 saturated heterocycles. The molecule has 0 saturated carbocycles. The number of carbonyl (C=O) groups is 2. The maximum atomic E-state index is 12.7. The van der Waals surface area contributed by atoms with Crippen molar-refractivity contribution in [3.05, 3.63) is 65.2 Å². The molecule has 1 amide bonds. The molecule has 1 N–H and O–H groups in total. The van der Waals surface area contributed by atoms with E-state index >= 15 is 0 Å². The van der Waals surface area contributed by atoms with E-state index in [1.54, 1.807) is 0 Å². The van der Waals surface area contributed by atoms with Gasteiger partial charge in [0.15, 0.2) is 6.61 Å². The summed E-state index contributed by atoms with van der Waals surface area (Å²) >= 11 is 0. The molecule has 0 bridgehead atoms. The molecular weight excluding hydrogens is 408 g/mol. The third-order valence-corrected chi connectivity index (χ3v) is 6.52. The molecule has 160 valence electrons. The average molecular weight is 432 g/mol. The molecule has 30 heavy (non-hydrogen) atoms. The number of nitrogens with one attached hydrogen (secondary N) is 1. The first-order valence-corrected chi connectivity index (χ1v) is 11.0. The molecule has 9 heteroatoms. The van der Waals surface area contributed by atoms with Gasteiger partial charge in [0.1, 0.15) is 0 Å². The minimum Gasteiger partial charge on any atom is -0.452 e. The van der Waals surface area contributed by atoms with Gasteiger partial charge in [-0.25, -0.2) is 13.2 Å². The molecule has 2 aromatic rings. The Kier molecular flexibility index (Phi) is 7.20. The first kappa shape index (κ1) is 21.9. The SMILES string of the molecule is Cc1ccc(CNC(=O)COC(=O)c2cccc(S(=O)(=O)N3CCOCC3)c2)cc1. The number of carbonyl (C=O) groups excluding carboxylic acids is 2. The van der Waals surface area contributed by atoms with E-state index < -0.39 is 28.5 Å². The summed E-state index contributed by atoms with van der Waals surface area (Å²) in [7, 11) is -3.73. The molecule has 3 rings (SSSR count). The van der Waals surface area contributed by atoms with Gasteiger partial charge in [-0.3, -0.25) is 4.79 Å². The van der Waals surface area contributed by atoms with Crippen LogP contribution in [-0.2, 0) is 30.8 Å². The van der Waals surface area contributed by atoms with E-state index in [0.717, 1.165) is 11.1 Å². The lowest BCUT2D eigenvalue weighted by Gasteiger charge is -2.26. The van der Waals surface area contributed by atoms with Crippen molar-refractivity contribution in [3.8, 4) is 0 Å². The Labute approximate surface area is 175 Å². The van der Waals surface area contributed by atoms with Crippen molar-refractivity contribution in [3.63, 3.8) is 0 Å². The fourth-order valence-electron chi connectivity index (χ4n) is 2.89. The molecule has 2 aromatic carbocycles. The fourth-order valence-corrected chi connectivity index (χ4v) is 4.35. The number of benzene rings is 2. The zero-order valence-corrected chi connectivity index (χ0v) is 17.5. The van der Waals surface area contributed by atoms with Gasteiger partial charge in [0.05, 0.1) is 23.7 Å². The van der Waals surface area contributed by atoms with Gasteiger partial charge in [0.2, 0.25) is 10.0 Å². The summed E-state index contributed by atoms with van der Waals surface area (Å²) in [4.78, 5) is 24.2. The average Bonchev–Trinajstić information content (AvgIpc) is 2.77. The smallest absolute Gasteiger partial charge is 0.338 e. The van der Waals surface area contributed by atoms with E-state index in [4.69, 9.17) is 9.47 Å². The molecular formula is C21H24N2O6S. The largest absolute Gasteiger partial charge is 0.452 e. The van der Waals surface area contributed by atoms with Crippen LogP contribution in [0.25, 0.3) is 0 Å². The predicted molar refractivity (Wildman–Crippen MR) is 109 cm³/mol. The van der Waals surface area contributed by atoms with Gasteiger partial charge in [0.25, 0.3) is 5.91 Å². The summed E-state index contributed by atoms with van der Waals surface area (Å²) in [5, 5.41) is 2.67. The van der Waals surface area contributed by atoms with E-state index in [2.05, 4.69) is 5.32 Å².